The number of nitrogens with zero attached hydrogens (tertiary/aromatic N) is 4. The van der Waals surface area contributed by atoms with Crippen LogP contribution in [0.3, 0.4) is 0 Å². The highest BCUT2D eigenvalue weighted by Gasteiger charge is 2.60. The molecule has 0 unspecified atom stereocenters. The van der Waals surface area contributed by atoms with Crippen LogP contribution in [0, 0.1) is 53.3 Å². The molecule has 1 saturated heterocycles. The summed E-state index contributed by atoms with van der Waals surface area (Å²) in [4.78, 5) is 54.0. The average Bonchev–Trinajstić information content (AvgIpc) is 3.61. The fraction of sp³-hybridized carbons (Fsp3) is 0.833. The fourth-order valence-corrected chi connectivity index (χ4v) is 11.4. The van der Waals surface area contributed by atoms with Gasteiger partial charge < -0.3 is 14.2 Å². The van der Waals surface area contributed by atoms with Gasteiger partial charge in [0.15, 0.2) is 0 Å². The molecular weight excluding hydrogens is 614 g/mol. The minimum Gasteiger partial charge on any atom is -0.463 e. The number of fused-ring (bicyclic) bond motifs is 5. The molecule has 12 nitrogen and oxygen atoms in total. The number of H-pyrrole nitrogens is 1. The normalized spacial score (nSPS) is 39.3. The van der Waals surface area contributed by atoms with E-state index in [0.717, 1.165) is 43.4 Å². The first-order valence-corrected chi connectivity index (χ1v) is 18.2. The SMILES string of the molecule is CC(=O)O[C@@H]1CC[C@@]2(C)[C@@H](CC[C@@H]3[C@@H]2CC[C@]2(C)[C@@H]([C@H](C)CCC(=O)OC[C@H]4O[C@@H](n5cc(C)c(=O)[nH]c5=O)C[C@@H]4N=[N+]=[N-])CC[C@@H]32)C1. The first-order valence-electron chi connectivity index (χ1n) is 18.2. The minimum atomic E-state index is -0.744. The number of aromatic amines is 1. The number of carbonyl (C=O) groups excluding carboxylic acids is 2. The maximum atomic E-state index is 13.0. The molecule has 0 radical (unpaired) electrons. The number of aryl methyl sites for hydroxylation is 1. The van der Waals surface area contributed by atoms with Gasteiger partial charge in [-0.2, -0.15) is 0 Å². The maximum absolute atomic E-state index is 13.0. The molecule has 4 aliphatic carbocycles. The molecule has 264 valence electrons. The van der Waals surface area contributed by atoms with Crippen LogP contribution in [0.4, 0.5) is 0 Å². The van der Waals surface area contributed by atoms with Crippen molar-refractivity contribution in [1.82, 2.24) is 9.55 Å². The van der Waals surface area contributed by atoms with Gasteiger partial charge in [-0.25, -0.2) is 4.79 Å². The molecule has 1 aromatic heterocycles. The van der Waals surface area contributed by atoms with Gasteiger partial charge in [-0.15, -0.1) is 0 Å². The molecule has 48 heavy (non-hydrogen) atoms. The van der Waals surface area contributed by atoms with Crippen molar-refractivity contribution < 1.29 is 23.8 Å². The van der Waals surface area contributed by atoms with E-state index in [9.17, 15) is 19.2 Å². The van der Waals surface area contributed by atoms with Crippen LogP contribution in [0.5, 0.6) is 0 Å². The van der Waals surface area contributed by atoms with E-state index < -0.39 is 29.6 Å². The highest BCUT2D eigenvalue weighted by molar-refractivity contribution is 5.69. The maximum Gasteiger partial charge on any atom is 0.330 e. The summed E-state index contributed by atoms with van der Waals surface area (Å²) in [5.41, 5.74) is 9.01. The van der Waals surface area contributed by atoms with Gasteiger partial charge in [0, 0.05) is 36.4 Å². The largest absolute Gasteiger partial charge is 0.463 e. The van der Waals surface area contributed by atoms with Crippen molar-refractivity contribution in [1.29, 1.82) is 0 Å². The van der Waals surface area contributed by atoms with Gasteiger partial charge >= 0.3 is 17.6 Å². The predicted molar refractivity (Wildman–Crippen MR) is 178 cm³/mol. The number of rotatable bonds is 9. The summed E-state index contributed by atoms with van der Waals surface area (Å²) >= 11 is 0. The van der Waals surface area contributed by atoms with Gasteiger partial charge in [0.2, 0.25) is 0 Å². The van der Waals surface area contributed by atoms with E-state index >= 15 is 0 Å². The topological polar surface area (TPSA) is 165 Å². The van der Waals surface area contributed by atoms with Gasteiger partial charge in [-0.05, 0) is 123 Å². The lowest BCUT2D eigenvalue weighted by atomic mass is 9.44. The van der Waals surface area contributed by atoms with E-state index in [2.05, 4.69) is 35.8 Å². The first kappa shape index (κ1) is 34.7. The van der Waals surface area contributed by atoms with Crippen molar-refractivity contribution in [3.8, 4) is 0 Å². The molecule has 1 aliphatic heterocycles. The summed E-state index contributed by atoms with van der Waals surface area (Å²) in [6, 6.07) is -0.613. The van der Waals surface area contributed by atoms with Crippen molar-refractivity contribution in [2.75, 3.05) is 6.61 Å². The number of carbonyl (C=O) groups is 2. The molecule has 1 N–H and O–H groups in total. The number of ether oxygens (including phenoxy) is 3. The molecule has 0 aromatic carbocycles. The van der Waals surface area contributed by atoms with Crippen molar-refractivity contribution in [2.24, 2.45) is 51.5 Å². The molecular formula is C36H53N5O7. The Kier molecular flexibility index (Phi) is 9.88. The summed E-state index contributed by atoms with van der Waals surface area (Å²) in [6.45, 7) is 10.4. The Hall–Kier alpha value is -3.11. The monoisotopic (exact) mass is 667 g/mol. The van der Waals surface area contributed by atoms with Crippen molar-refractivity contribution in [2.45, 2.75) is 136 Å². The second-order valence-electron chi connectivity index (χ2n) is 16.2. The summed E-state index contributed by atoms with van der Waals surface area (Å²) in [5.74, 6) is 3.39. The molecule has 5 aliphatic rings. The molecule has 2 heterocycles. The molecule has 12 atom stereocenters. The number of azide groups is 1. The van der Waals surface area contributed by atoms with Crippen LogP contribution in [0.15, 0.2) is 20.9 Å². The molecule has 0 amide bonds. The van der Waals surface area contributed by atoms with Crippen LogP contribution < -0.4 is 11.2 Å². The third kappa shape index (κ3) is 6.47. The van der Waals surface area contributed by atoms with Crippen LogP contribution in [0.1, 0.15) is 117 Å². The number of aromatic nitrogens is 2. The third-order valence-electron chi connectivity index (χ3n) is 13.8. The van der Waals surface area contributed by atoms with Crippen molar-refractivity contribution in [3.63, 3.8) is 0 Å². The number of nitrogens with one attached hydrogen (secondary N) is 1. The van der Waals surface area contributed by atoms with Crippen LogP contribution in [0.2, 0.25) is 0 Å². The van der Waals surface area contributed by atoms with Gasteiger partial charge in [0.1, 0.15) is 25.0 Å². The van der Waals surface area contributed by atoms with Gasteiger partial charge in [-0.1, -0.05) is 25.9 Å². The lowest BCUT2D eigenvalue weighted by Crippen LogP contribution is -2.54. The summed E-state index contributed by atoms with van der Waals surface area (Å²) < 4.78 is 18.6. The average molecular weight is 668 g/mol. The smallest absolute Gasteiger partial charge is 0.330 e. The zero-order chi connectivity index (χ0) is 34.4. The van der Waals surface area contributed by atoms with Crippen LogP contribution in [0.25, 0.3) is 10.4 Å². The van der Waals surface area contributed by atoms with Gasteiger partial charge in [0.25, 0.3) is 5.56 Å². The molecule has 0 bridgehead atoms. The second kappa shape index (κ2) is 13.7. The van der Waals surface area contributed by atoms with Crippen LogP contribution in [-0.2, 0) is 23.8 Å². The third-order valence-corrected chi connectivity index (χ3v) is 13.8. The zero-order valence-electron chi connectivity index (χ0n) is 29.2. The summed E-state index contributed by atoms with van der Waals surface area (Å²) in [6.07, 6.45) is 12.1. The quantitative estimate of drug-likeness (QED) is 0.138. The molecule has 0 spiro atoms. The lowest BCUT2D eigenvalue weighted by molar-refractivity contribution is -0.160. The molecule has 12 heteroatoms. The highest BCUT2D eigenvalue weighted by atomic mass is 16.6. The second-order valence-corrected chi connectivity index (χ2v) is 16.2. The first-order chi connectivity index (χ1) is 22.8. The fourth-order valence-electron chi connectivity index (χ4n) is 11.4. The molecule has 5 fully saturated rings. The molecule has 4 saturated carbocycles. The Morgan fingerprint density at radius 2 is 1.85 bits per heavy atom. The number of hydrogen-bond donors (Lipinski definition) is 1. The summed E-state index contributed by atoms with van der Waals surface area (Å²) in [5, 5.41) is 3.83. The van der Waals surface area contributed by atoms with Crippen LogP contribution in [-0.4, -0.2) is 46.3 Å². The Morgan fingerprint density at radius 1 is 1.10 bits per heavy atom. The minimum absolute atomic E-state index is 0.0713. The molecule has 1 aromatic rings. The summed E-state index contributed by atoms with van der Waals surface area (Å²) in [7, 11) is 0. The molecule has 6 rings (SSSR count). The Labute approximate surface area is 282 Å². The van der Waals surface area contributed by atoms with Gasteiger partial charge in [0.05, 0.1) is 6.04 Å². The van der Waals surface area contributed by atoms with Gasteiger partial charge in [-0.3, -0.25) is 23.9 Å². The van der Waals surface area contributed by atoms with E-state index in [1.807, 2.05) is 0 Å². The van der Waals surface area contributed by atoms with E-state index in [4.69, 9.17) is 19.7 Å². The Morgan fingerprint density at radius 3 is 2.60 bits per heavy atom. The van der Waals surface area contributed by atoms with E-state index in [1.165, 1.54) is 56.2 Å². The van der Waals surface area contributed by atoms with E-state index in [1.54, 1.807) is 6.92 Å². The highest BCUT2D eigenvalue weighted by Crippen LogP contribution is 2.68. The Balaban J connectivity index is 1.02. The lowest BCUT2D eigenvalue weighted by Gasteiger charge is -2.61. The van der Waals surface area contributed by atoms with E-state index in [-0.39, 0.29) is 36.5 Å². The predicted octanol–water partition coefficient (Wildman–Crippen LogP) is 6.36. The zero-order valence-corrected chi connectivity index (χ0v) is 29.2. The number of hydrogen-bond acceptors (Lipinski definition) is 8. The number of esters is 2. The van der Waals surface area contributed by atoms with E-state index in [0.29, 0.717) is 35.2 Å². The van der Waals surface area contributed by atoms with Crippen molar-refractivity contribution in [3.05, 3.63) is 43.0 Å². The van der Waals surface area contributed by atoms with Crippen LogP contribution >= 0.6 is 0 Å². The standard InChI is InChI=1S/C36H53N5O7/c1-20(6-11-32(43)46-19-30-29(39-40-37)17-31(48-30)41-18-21(2)33(44)38-34(41)45)26-9-10-27-25-8-7-23-16-24(47-22(3)42)12-14-35(23,4)28(25)13-15-36(26,27)5/h18,20,23-31H,6-17,19H2,1-5H3,(H,38,44,45)/t20-,23+,24-,25+,26-,27+,28+,29+,30-,31-,35+,36-/m1/s1. The Bertz CT molecular complexity index is 1550. The van der Waals surface area contributed by atoms with Crippen molar-refractivity contribution >= 4 is 11.9 Å².